The van der Waals surface area contributed by atoms with Gasteiger partial charge in [-0.05, 0) is 40.9 Å². The van der Waals surface area contributed by atoms with Crippen LogP contribution in [-0.4, -0.2) is 28.5 Å². The zero-order chi connectivity index (χ0) is 14.7. The maximum Gasteiger partial charge on any atom is 0.144 e. The summed E-state index contributed by atoms with van der Waals surface area (Å²) in [5, 5.41) is 11.4. The Morgan fingerprint density at radius 2 is 2.15 bits per heavy atom. The molecule has 0 spiro atoms. The Morgan fingerprint density at radius 1 is 1.45 bits per heavy atom. The SMILES string of the molecule is N/C(CCN(Cc1c(F)ccc(Br)c1F)C1CC1)=N/O. The van der Waals surface area contributed by atoms with E-state index < -0.39 is 11.6 Å². The van der Waals surface area contributed by atoms with Gasteiger partial charge in [-0.2, -0.15) is 0 Å². The number of halogens is 3. The molecular weight excluding hydrogens is 332 g/mol. The first-order valence-electron chi connectivity index (χ1n) is 6.35. The molecule has 0 aromatic heterocycles. The zero-order valence-corrected chi connectivity index (χ0v) is 12.4. The normalized spacial score (nSPS) is 15.9. The number of nitrogens with two attached hydrogens (primary N) is 1. The summed E-state index contributed by atoms with van der Waals surface area (Å²) in [5.41, 5.74) is 5.48. The van der Waals surface area contributed by atoms with E-state index in [1.54, 1.807) is 0 Å². The highest BCUT2D eigenvalue weighted by Crippen LogP contribution is 2.30. The molecule has 1 fully saturated rings. The van der Waals surface area contributed by atoms with E-state index in [1.807, 2.05) is 4.90 Å². The second-order valence-electron chi connectivity index (χ2n) is 4.86. The van der Waals surface area contributed by atoms with E-state index >= 15 is 0 Å². The first-order valence-corrected chi connectivity index (χ1v) is 7.15. The molecule has 110 valence electrons. The minimum Gasteiger partial charge on any atom is -0.409 e. The Labute approximate surface area is 124 Å². The molecule has 0 heterocycles. The second-order valence-corrected chi connectivity index (χ2v) is 5.72. The maximum atomic E-state index is 14.0. The Bertz CT molecular complexity index is 521. The molecule has 0 saturated heterocycles. The number of benzene rings is 1. The predicted molar refractivity (Wildman–Crippen MR) is 75.5 cm³/mol. The number of nitrogens with zero attached hydrogens (tertiary/aromatic N) is 2. The predicted octanol–water partition coefficient (Wildman–Crippen LogP) is 2.83. The average molecular weight is 348 g/mol. The molecule has 7 heteroatoms. The average Bonchev–Trinajstić information content (AvgIpc) is 3.26. The van der Waals surface area contributed by atoms with Crippen LogP contribution in [0.1, 0.15) is 24.8 Å². The van der Waals surface area contributed by atoms with Gasteiger partial charge in [0.15, 0.2) is 0 Å². The summed E-state index contributed by atoms with van der Waals surface area (Å²) in [6.07, 6.45) is 2.38. The van der Waals surface area contributed by atoms with Gasteiger partial charge in [0, 0.05) is 31.1 Å². The Morgan fingerprint density at radius 3 is 2.75 bits per heavy atom. The molecular formula is C13H16BrF2N3O. The Hall–Kier alpha value is -1.21. The fraction of sp³-hybridized carbons (Fsp3) is 0.462. The fourth-order valence-electron chi connectivity index (χ4n) is 2.06. The van der Waals surface area contributed by atoms with Gasteiger partial charge in [-0.3, -0.25) is 4.90 Å². The maximum absolute atomic E-state index is 14.0. The van der Waals surface area contributed by atoms with Gasteiger partial charge in [0.1, 0.15) is 17.5 Å². The van der Waals surface area contributed by atoms with Crippen molar-refractivity contribution in [2.75, 3.05) is 6.54 Å². The van der Waals surface area contributed by atoms with Crippen molar-refractivity contribution < 1.29 is 14.0 Å². The Balaban J connectivity index is 2.10. The molecule has 4 nitrogen and oxygen atoms in total. The summed E-state index contributed by atoms with van der Waals surface area (Å²) in [6, 6.07) is 2.92. The molecule has 0 atom stereocenters. The van der Waals surface area contributed by atoms with Gasteiger partial charge in [0.2, 0.25) is 0 Å². The van der Waals surface area contributed by atoms with E-state index in [4.69, 9.17) is 10.9 Å². The van der Waals surface area contributed by atoms with Gasteiger partial charge in [0.25, 0.3) is 0 Å². The fourth-order valence-corrected chi connectivity index (χ4v) is 2.43. The summed E-state index contributed by atoms with van der Waals surface area (Å²) in [4.78, 5) is 1.96. The molecule has 1 aliphatic rings. The smallest absolute Gasteiger partial charge is 0.144 e. The summed E-state index contributed by atoms with van der Waals surface area (Å²) in [6.45, 7) is 0.687. The molecule has 20 heavy (non-hydrogen) atoms. The summed E-state index contributed by atoms with van der Waals surface area (Å²) in [5.74, 6) is -1.01. The lowest BCUT2D eigenvalue weighted by Gasteiger charge is -2.22. The molecule has 1 aromatic rings. The third-order valence-electron chi connectivity index (χ3n) is 3.35. The molecule has 0 unspecified atom stereocenters. The highest BCUT2D eigenvalue weighted by atomic mass is 79.9. The van der Waals surface area contributed by atoms with Crippen LogP contribution in [-0.2, 0) is 6.54 Å². The number of rotatable bonds is 6. The van der Waals surface area contributed by atoms with Gasteiger partial charge in [-0.1, -0.05) is 5.16 Å². The highest BCUT2D eigenvalue weighted by Gasteiger charge is 2.30. The van der Waals surface area contributed by atoms with E-state index in [1.165, 1.54) is 12.1 Å². The van der Waals surface area contributed by atoms with Crippen molar-refractivity contribution in [1.29, 1.82) is 0 Å². The van der Waals surface area contributed by atoms with Gasteiger partial charge >= 0.3 is 0 Å². The molecule has 1 aliphatic carbocycles. The third kappa shape index (κ3) is 3.67. The molecule has 1 saturated carbocycles. The second kappa shape index (κ2) is 6.49. The molecule has 0 bridgehead atoms. The summed E-state index contributed by atoms with van der Waals surface area (Å²) < 4.78 is 28.0. The van der Waals surface area contributed by atoms with Crippen LogP contribution >= 0.6 is 15.9 Å². The molecule has 0 amide bonds. The monoisotopic (exact) mass is 347 g/mol. The van der Waals surface area contributed by atoms with Crippen LogP contribution in [0.5, 0.6) is 0 Å². The lowest BCUT2D eigenvalue weighted by atomic mass is 10.1. The lowest BCUT2D eigenvalue weighted by Crippen LogP contribution is -2.30. The quantitative estimate of drug-likeness (QED) is 0.273. The molecule has 0 radical (unpaired) electrons. The van der Waals surface area contributed by atoms with Crippen molar-refractivity contribution >= 4 is 21.8 Å². The number of hydrogen-bond donors (Lipinski definition) is 2. The van der Waals surface area contributed by atoms with E-state index in [0.29, 0.717) is 19.0 Å². The first-order chi connectivity index (χ1) is 9.52. The number of hydrogen-bond acceptors (Lipinski definition) is 3. The highest BCUT2D eigenvalue weighted by molar-refractivity contribution is 9.10. The first kappa shape index (κ1) is 15.2. The van der Waals surface area contributed by atoms with Crippen molar-refractivity contribution in [2.45, 2.75) is 31.8 Å². The molecule has 3 N–H and O–H groups in total. The van der Waals surface area contributed by atoms with Crippen LogP contribution in [0.25, 0.3) is 0 Å². The van der Waals surface area contributed by atoms with Crippen molar-refractivity contribution in [3.05, 3.63) is 33.8 Å². The molecule has 0 aliphatic heterocycles. The van der Waals surface area contributed by atoms with E-state index in [9.17, 15) is 8.78 Å². The largest absolute Gasteiger partial charge is 0.409 e. The van der Waals surface area contributed by atoms with Crippen LogP contribution in [0.4, 0.5) is 8.78 Å². The lowest BCUT2D eigenvalue weighted by molar-refractivity contribution is 0.252. The van der Waals surface area contributed by atoms with Crippen LogP contribution in [0.3, 0.4) is 0 Å². The van der Waals surface area contributed by atoms with Crippen molar-refractivity contribution in [2.24, 2.45) is 10.9 Å². The van der Waals surface area contributed by atoms with Gasteiger partial charge in [-0.15, -0.1) is 0 Å². The summed E-state index contributed by atoms with van der Waals surface area (Å²) >= 11 is 3.06. The standard InChI is InChI=1S/C13H16BrF2N3O/c14-10-3-4-11(15)9(13(10)16)7-19(8-1-2-8)6-5-12(17)18-20/h3-4,8,20H,1-2,5-7H2,(H2,17,18). The number of oxime groups is 1. The van der Waals surface area contributed by atoms with Gasteiger partial charge in [0.05, 0.1) is 4.47 Å². The Kier molecular flexibility index (Phi) is 4.93. The zero-order valence-electron chi connectivity index (χ0n) is 10.8. The minimum absolute atomic E-state index is 0.0470. The minimum atomic E-state index is -0.570. The topological polar surface area (TPSA) is 61.8 Å². The van der Waals surface area contributed by atoms with Crippen molar-refractivity contribution in [1.82, 2.24) is 4.90 Å². The third-order valence-corrected chi connectivity index (χ3v) is 3.96. The summed E-state index contributed by atoms with van der Waals surface area (Å²) in [7, 11) is 0. The van der Waals surface area contributed by atoms with E-state index in [2.05, 4.69) is 21.1 Å². The van der Waals surface area contributed by atoms with Crippen LogP contribution < -0.4 is 5.73 Å². The van der Waals surface area contributed by atoms with Crippen molar-refractivity contribution in [3.63, 3.8) is 0 Å². The van der Waals surface area contributed by atoms with Crippen LogP contribution in [0, 0.1) is 11.6 Å². The van der Waals surface area contributed by atoms with E-state index in [0.717, 1.165) is 12.8 Å². The van der Waals surface area contributed by atoms with Gasteiger partial charge in [-0.25, -0.2) is 8.78 Å². The van der Waals surface area contributed by atoms with Crippen LogP contribution in [0.15, 0.2) is 21.8 Å². The van der Waals surface area contributed by atoms with Crippen molar-refractivity contribution in [3.8, 4) is 0 Å². The van der Waals surface area contributed by atoms with Gasteiger partial charge < -0.3 is 10.9 Å². The van der Waals surface area contributed by atoms with E-state index in [-0.39, 0.29) is 22.4 Å². The molecule has 2 rings (SSSR count). The van der Waals surface area contributed by atoms with Crippen LogP contribution in [0.2, 0.25) is 0 Å². The molecule has 1 aromatic carbocycles. The number of amidine groups is 1.